The van der Waals surface area contributed by atoms with Crippen molar-refractivity contribution in [2.75, 3.05) is 6.54 Å². The Morgan fingerprint density at radius 1 is 1.32 bits per heavy atom. The first kappa shape index (κ1) is 19.5. The van der Waals surface area contributed by atoms with Crippen LogP contribution < -0.4 is 5.32 Å². The van der Waals surface area contributed by atoms with E-state index < -0.39 is 0 Å². The van der Waals surface area contributed by atoms with Crippen LogP contribution in [-0.2, 0) is 7.05 Å². The highest BCUT2D eigenvalue weighted by molar-refractivity contribution is 6.33. The summed E-state index contributed by atoms with van der Waals surface area (Å²) in [6.07, 6.45) is 5.95. The van der Waals surface area contributed by atoms with Crippen molar-refractivity contribution in [1.82, 2.24) is 15.1 Å². The molecule has 1 fully saturated rings. The SMILES string of the molecule is CC1CCCC1.CCNC(=O)c1nn(C)c(-c2ccccc2Cl)c1C. The van der Waals surface area contributed by atoms with Crippen LogP contribution in [0.1, 0.15) is 55.6 Å². The molecule has 4 nitrogen and oxygen atoms in total. The fourth-order valence-corrected chi connectivity index (χ4v) is 3.47. The van der Waals surface area contributed by atoms with Crippen LogP contribution in [0.5, 0.6) is 0 Å². The molecule has 1 aromatic carbocycles. The molecule has 3 rings (SSSR count). The summed E-state index contributed by atoms with van der Waals surface area (Å²) in [6, 6.07) is 7.55. The topological polar surface area (TPSA) is 46.9 Å². The van der Waals surface area contributed by atoms with E-state index in [2.05, 4.69) is 17.3 Å². The summed E-state index contributed by atoms with van der Waals surface area (Å²) < 4.78 is 1.70. The molecule has 0 atom stereocenters. The quantitative estimate of drug-likeness (QED) is 0.836. The van der Waals surface area contributed by atoms with Crippen LogP contribution in [0.15, 0.2) is 24.3 Å². The zero-order valence-corrected chi connectivity index (χ0v) is 16.4. The summed E-state index contributed by atoms with van der Waals surface area (Å²) in [5, 5.41) is 7.70. The predicted molar refractivity (Wildman–Crippen MR) is 104 cm³/mol. The molecule has 1 aliphatic carbocycles. The van der Waals surface area contributed by atoms with Gasteiger partial charge in [-0.1, -0.05) is 62.4 Å². The third-order valence-electron chi connectivity index (χ3n) is 4.61. The number of hydrogen-bond donors (Lipinski definition) is 1. The number of carbonyl (C=O) groups is 1. The Morgan fingerprint density at radius 2 is 1.96 bits per heavy atom. The van der Waals surface area contributed by atoms with Crippen LogP contribution in [0.4, 0.5) is 0 Å². The lowest BCUT2D eigenvalue weighted by Gasteiger charge is -2.06. The van der Waals surface area contributed by atoms with Crippen molar-refractivity contribution in [2.24, 2.45) is 13.0 Å². The standard InChI is InChI=1S/C14H16ClN3O.C6H12/c1-4-16-14(19)12-9(2)13(18(3)17-12)10-7-5-6-8-11(10)15;1-6-4-2-3-5-6/h5-8H,4H2,1-3H3,(H,16,19);6H,2-5H2,1H3. The third kappa shape index (κ3) is 4.85. The molecule has 1 amide bonds. The van der Waals surface area contributed by atoms with E-state index in [1.807, 2.05) is 45.2 Å². The molecule has 1 aliphatic rings. The molecule has 1 saturated carbocycles. The Kier molecular flexibility index (Phi) is 7.06. The number of aromatic nitrogens is 2. The predicted octanol–water partition coefficient (Wildman–Crippen LogP) is 5.00. The van der Waals surface area contributed by atoms with E-state index in [1.165, 1.54) is 25.7 Å². The van der Waals surface area contributed by atoms with Gasteiger partial charge in [-0.05, 0) is 25.8 Å². The van der Waals surface area contributed by atoms with Gasteiger partial charge in [-0.25, -0.2) is 0 Å². The average molecular weight is 362 g/mol. The van der Waals surface area contributed by atoms with Crippen molar-refractivity contribution in [3.63, 3.8) is 0 Å². The van der Waals surface area contributed by atoms with Crippen molar-refractivity contribution in [3.05, 3.63) is 40.5 Å². The molecule has 5 heteroatoms. The fraction of sp³-hybridized carbons (Fsp3) is 0.500. The number of rotatable bonds is 3. The number of nitrogens with zero attached hydrogens (tertiary/aromatic N) is 2. The number of carbonyl (C=O) groups excluding carboxylic acids is 1. The summed E-state index contributed by atoms with van der Waals surface area (Å²) in [4.78, 5) is 11.9. The van der Waals surface area contributed by atoms with Gasteiger partial charge in [-0.15, -0.1) is 0 Å². The number of halogens is 1. The molecular formula is C20H28ClN3O. The summed E-state index contributed by atoms with van der Waals surface area (Å²) in [7, 11) is 1.81. The summed E-state index contributed by atoms with van der Waals surface area (Å²) in [5.41, 5.74) is 3.03. The second-order valence-electron chi connectivity index (χ2n) is 6.67. The second-order valence-corrected chi connectivity index (χ2v) is 7.08. The number of benzene rings is 1. The van der Waals surface area contributed by atoms with Crippen molar-refractivity contribution in [2.45, 2.75) is 46.5 Å². The molecule has 1 heterocycles. The molecule has 0 saturated heterocycles. The van der Waals surface area contributed by atoms with Gasteiger partial charge in [0.2, 0.25) is 0 Å². The normalized spacial score (nSPS) is 14.1. The maximum absolute atomic E-state index is 11.9. The smallest absolute Gasteiger partial charge is 0.272 e. The van der Waals surface area contributed by atoms with Gasteiger partial charge in [0.1, 0.15) is 0 Å². The van der Waals surface area contributed by atoms with Gasteiger partial charge in [0.15, 0.2) is 5.69 Å². The van der Waals surface area contributed by atoms with Gasteiger partial charge < -0.3 is 5.32 Å². The largest absolute Gasteiger partial charge is 0.351 e. The number of amides is 1. The van der Waals surface area contributed by atoms with Crippen molar-refractivity contribution in [1.29, 1.82) is 0 Å². The van der Waals surface area contributed by atoms with Gasteiger partial charge in [0, 0.05) is 29.7 Å². The molecule has 25 heavy (non-hydrogen) atoms. The maximum Gasteiger partial charge on any atom is 0.272 e. The summed E-state index contributed by atoms with van der Waals surface area (Å²) in [6.45, 7) is 6.69. The molecule has 1 aromatic heterocycles. The molecule has 1 N–H and O–H groups in total. The van der Waals surface area contributed by atoms with Crippen LogP contribution in [0.2, 0.25) is 5.02 Å². The molecule has 0 spiro atoms. The van der Waals surface area contributed by atoms with E-state index in [4.69, 9.17) is 11.6 Å². The number of aryl methyl sites for hydroxylation is 1. The lowest BCUT2D eigenvalue weighted by atomic mass is 10.1. The minimum Gasteiger partial charge on any atom is -0.351 e. The van der Waals surface area contributed by atoms with Crippen LogP contribution >= 0.6 is 11.6 Å². The lowest BCUT2D eigenvalue weighted by molar-refractivity contribution is 0.0949. The Morgan fingerprint density at radius 3 is 2.48 bits per heavy atom. The number of hydrogen-bond acceptors (Lipinski definition) is 2. The minimum absolute atomic E-state index is 0.158. The van der Waals surface area contributed by atoms with Crippen molar-refractivity contribution in [3.8, 4) is 11.3 Å². The molecule has 0 aliphatic heterocycles. The molecular weight excluding hydrogens is 334 g/mol. The van der Waals surface area contributed by atoms with Gasteiger partial charge in [-0.2, -0.15) is 5.10 Å². The third-order valence-corrected chi connectivity index (χ3v) is 4.94. The highest BCUT2D eigenvalue weighted by Crippen LogP contribution is 2.31. The molecule has 2 aromatic rings. The van der Waals surface area contributed by atoms with Crippen molar-refractivity contribution >= 4 is 17.5 Å². The average Bonchev–Trinajstić information content (AvgIpc) is 3.16. The van der Waals surface area contributed by atoms with E-state index >= 15 is 0 Å². The summed E-state index contributed by atoms with van der Waals surface area (Å²) >= 11 is 6.21. The lowest BCUT2D eigenvalue weighted by Crippen LogP contribution is -2.23. The van der Waals surface area contributed by atoms with E-state index in [9.17, 15) is 4.79 Å². The van der Waals surface area contributed by atoms with E-state index in [-0.39, 0.29) is 5.91 Å². The van der Waals surface area contributed by atoms with Gasteiger partial charge in [0.05, 0.1) is 5.69 Å². The Labute approximate surface area is 155 Å². The summed E-state index contributed by atoms with van der Waals surface area (Å²) in [5.74, 6) is 0.888. The van der Waals surface area contributed by atoms with Gasteiger partial charge in [-0.3, -0.25) is 9.48 Å². The first-order valence-corrected chi connectivity index (χ1v) is 9.40. The monoisotopic (exact) mass is 361 g/mol. The van der Waals surface area contributed by atoms with E-state index in [0.29, 0.717) is 17.3 Å². The zero-order chi connectivity index (χ0) is 18.4. The highest BCUT2D eigenvalue weighted by Gasteiger charge is 2.20. The molecule has 0 radical (unpaired) electrons. The zero-order valence-electron chi connectivity index (χ0n) is 15.6. The first-order valence-electron chi connectivity index (χ1n) is 9.02. The Hall–Kier alpha value is -1.81. The van der Waals surface area contributed by atoms with Crippen LogP contribution in [0.25, 0.3) is 11.3 Å². The maximum atomic E-state index is 11.9. The van der Waals surface area contributed by atoms with E-state index in [0.717, 1.165) is 22.7 Å². The molecule has 136 valence electrons. The van der Waals surface area contributed by atoms with Crippen molar-refractivity contribution < 1.29 is 4.79 Å². The highest BCUT2D eigenvalue weighted by atomic mass is 35.5. The van der Waals surface area contributed by atoms with E-state index in [1.54, 1.807) is 4.68 Å². The fourth-order valence-electron chi connectivity index (χ4n) is 3.25. The van der Waals surface area contributed by atoms with Crippen LogP contribution in [-0.4, -0.2) is 22.2 Å². The Balaban J connectivity index is 0.000000316. The second kappa shape index (κ2) is 9.04. The van der Waals surface area contributed by atoms with Gasteiger partial charge >= 0.3 is 0 Å². The first-order chi connectivity index (χ1) is 12.0. The molecule has 0 bridgehead atoms. The minimum atomic E-state index is -0.158. The van der Waals surface area contributed by atoms with Crippen LogP contribution in [0, 0.1) is 12.8 Å². The molecule has 0 unspecified atom stereocenters. The Bertz CT molecular complexity index is 718. The van der Waals surface area contributed by atoms with Crippen LogP contribution in [0.3, 0.4) is 0 Å². The number of nitrogens with one attached hydrogen (secondary N) is 1. The van der Waals surface area contributed by atoms with Gasteiger partial charge in [0.25, 0.3) is 5.91 Å².